The minimum Gasteiger partial charge on any atom is -0.497 e. The van der Waals surface area contributed by atoms with E-state index in [0.717, 1.165) is 0 Å². The zero-order chi connectivity index (χ0) is 15.0. The maximum absolute atomic E-state index is 12.4. The molecule has 3 rings (SSSR count). The lowest BCUT2D eigenvalue weighted by molar-refractivity contribution is 0.415. The summed E-state index contributed by atoms with van der Waals surface area (Å²) in [6.45, 7) is 0. The summed E-state index contributed by atoms with van der Waals surface area (Å²) in [4.78, 5) is 12.4. The average Bonchev–Trinajstić information content (AvgIpc) is 3.03. The number of benzene rings is 1. The molecular formula is C15H12N4O2. The van der Waals surface area contributed by atoms with Gasteiger partial charge >= 0.3 is 0 Å². The van der Waals surface area contributed by atoms with Gasteiger partial charge < -0.3 is 9.30 Å². The van der Waals surface area contributed by atoms with Crippen molar-refractivity contribution in [2.45, 2.75) is 0 Å². The molecule has 1 aromatic carbocycles. The first-order valence-electron chi connectivity index (χ1n) is 6.28. The monoisotopic (exact) mass is 280 g/mol. The Kier molecular flexibility index (Phi) is 2.95. The number of H-pyrrole nitrogens is 1. The van der Waals surface area contributed by atoms with E-state index in [0.29, 0.717) is 27.8 Å². The van der Waals surface area contributed by atoms with Crippen LogP contribution in [-0.4, -0.2) is 21.9 Å². The molecule has 2 aromatic heterocycles. The number of methoxy groups -OCH3 is 1. The molecule has 1 N–H and O–H groups in total. The van der Waals surface area contributed by atoms with Gasteiger partial charge in [0, 0.05) is 29.6 Å². The largest absolute Gasteiger partial charge is 0.497 e. The highest BCUT2D eigenvalue weighted by Gasteiger charge is 2.18. The van der Waals surface area contributed by atoms with Crippen molar-refractivity contribution in [1.29, 1.82) is 5.26 Å². The Labute approximate surface area is 120 Å². The molecule has 104 valence electrons. The van der Waals surface area contributed by atoms with Crippen LogP contribution in [0.3, 0.4) is 0 Å². The molecule has 0 aliphatic rings. The van der Waals surface area contributed by atoms with Crippen molar-refractivity contribution in [2.75, 3.05) is 7.11 Å². The first kappa shape index (κ1) is 12.9. The van der Waals surface area contributed by atoms with Crippen molar-refractivity contribution in [3.8, 4) is 23.1 Å². The van der Waals surface area contributed by atoms with E-state index < -0.39 is 0 Å². The third kappa shape index (κ3) is 1.87. The first-order chi connectivity index (χ1) is 10.2. The summed E-state index contributed by atoms with van der Waals surface area (Å²) in [6, 6.07) is 9.03. The van der Waals surface area contributed by atoms with Crippen LogP contribution in [0.15, 0.2) is 35.3 Å². The third-order valence-electron chi connectivity index (χ3n) is 3.47. The Bertz CT molecular complexity index is 917. The fraction of sp³-hybridized carbons (Fsp3) is 0.133. The number of pyridine rings is 1. The number of aromatic nitrogens is 3. The summed E-state index contributed by atoms with van der Waals surface area (Å²) in [5.74, 6) is 0.622. The minimum absolute atomic E-state index is 0.219. The van der Waals surface area contributed by atoms with Gasteiger partial charge in [0.05, 0.1) is 12.8 Å². The van der Waals surface area contributed by atoms with Crippen molar-refractivity contribution in [2.24, 2.45) is 7.05 Å². The molecule has 0 aliphatic heterocycles. The lowest BCUT2D eigenvalue weighted by Crippen LogP contribution is -2.20. The van der Waals surface area contributed by atoms with Crippen LogP contribution in [0.4, 0.5) is 0 Å². The zero-order valence-electron chi connectivity index (χ0n) is 11.5. The number of fused-ring (bicyclic) bond motifs is 1. The maximum atomic E-state index is 12.4. The highest BCUT2D eigenvalue weighted by atomic mass is 16.5. The van der Waals surface area contributed by atoms with E-state index in [2.05, 4.69) is 16.3 Å². The minimum atomic E-state index is -0.219. The summed E-state index contributed by atoms with van der Waals surface area (Å²) in [5.41, 5.74) is 1.28. The second kappa shape index (κ2) is 4.80. The van der Waals surface area contributed by atoms with E-state index in [9.17, 15) is 10.1 Å². The van der Waals surface area contributed by atoms with E-state index >= 15 is 0 Å². The molecule has 2 heterocycles. The van der Waals surface area contributed by atoms with E-state index in [4.69, 9.17) is 4.74 Å². The quantitative estimate of drug-likeness (QED) is 0.776. The predicted octanol–water partition coefficient (Wildman–Crippen LogP) is 1.81. The van der Waals surface area contributed by atoms with Crippen molar-refractivity contribution in [1.82, 2.24) is 14.8 Å². The van der Waals surface area contributed by atoms with Crippen LogP contribution in [0.25, 0.3) is 22.0 Å². The summed E-state index contributed by atoms with van der Waals surface area (Å²) >= 11 is 0. The number of hydrogen-bond donors (Lipinski definition) is 1. The number of nitriles is 1. The standard InChI is InChI=1S/C15H12N4O2/c1-19-13(8-16)14(12-5-6-17-18-12)11-7-9(21-2)3-4-10(11)15(19)20/h3-7H,1-2H3,(H,17,18). The molecule has 0 saturated heterocycles. The molecule has 0 fully saturated rings. The molecule has 0 atom stereocenters. The molecule has 6 nitrogen and oxygen atoms in total. The topological polar surface area (TPSA) is 83.7 Å². The summed E-state index contributed by atoms with van der Waals surface area (Å²) < 4.78 is 6.56. The van der Waals surface area contributed by atoms with Gasteiger partial charge in [0.1, 0.15) is 17.5 Å². The van der Waals surface area contributed by atoms with E-state index in [1.807, 2.05) is 0 Å². The second-order valence-electron chi connectivity index (χ2n) is 4.57. The molecule has 21 heavy (non-hydrogen) atoms. The molecule has 0 saturated carbocycles. The van der Waals surface area contributed by atoms with Gasteiger partial charge in [0.15, 0.2) is 0 Å². The van der Waals surface area contributed by atoms with Gasteiger partial charge in [-0.05, 0) is 24.3 Å². The van der Waals surface area contributed by atoms with Gasteiger partial charge in [-0.25, -0.2) is 0 Å². The van der Waals surface area contributed by atoms with Crippen LogP contribution in [-0.2, 0) is 7.05 Å². The van der Waals surface area contributed by atoms with E-state index in [1.165, 1.54) is 4.57 Å². The van der Waals surface area contributed by atoms with Crippen molar-refractivity contribution >= 4 is 10.8 Å². The third-order valence-corrected chi connectivity index (χ3v) is 3.47. The van der Waals surface area contributed by atoms with Crippen LogP contribution >= 0.6 is 0 Å². The van der Waals surface area contributed by atoms with Crippen LogP contribution in [0.1, 0.15) is 5.69 Å². The Morgan fingerprint density at radius 2 is 2.14 bits per heavy atom. The molecule has 0 bridgehead atoms. The molecule has 6 heteroatoms. The molecule has 0 radical (unpaired) electrons. The number of ether oxygens (including phenoxy) is 1. The highest BCUT2D eigenvalue weighted by molar-refractivity contribution is 5.98. The van der Waals surface area contributed by atoms with Crippen LogP contribution in [0.2, 0.25) is 0 Å². The number of nitrogens with one attached hydrogen (secondary N) is 1. The molecule has 0 amide bonds. The number of nitrogens with zero attached hydrogens (tertiary/aromatic N) is 3. The zero-order valence-corrected chi connectivity index (χ0v) is 11.5. The van der Waals surface area contributed by atoms with Gasteiger partial charge in [-0.15, -0.1) is 0 Å². The molecule has 0 unspecified atom stereocenters. The van der Waals surface area contributed by atoms with Crippen molar-refractivity contribution in [3.05, 3.63) is 46.5 Å². The normalized spacial score (nSPS) is 10.5. The average molecular weight is 280 g/mol. The lowest BCUT2D eigenvalue weighted by Gasteiger charge is -2.11. The Morgan fingerprint density at radius 3 is 2.76 bits per heavy atom. The van der Waals surface area contributed by atoms with Crippen LogP contribution in [0.5, 0.6) is 5.75 Å². The fourth-order valence-corrected chi connectivity index (χ4v) is 2.41. The van der Waals surface area contributed by atoms with Gasteiger partial charge in [-0.2, -0.15) is 10.4 Å². The molecule has 0 aliphatic carbocycles. The van der Waals surface area contributed by atoms with Crippen LogP contribution in [0, 0.1) is 11.3 Å². The molecular weight excluding hydrogens is 268 g/mol. The summed E-state index contributed by atoms with van der Waals surface area (Å²) in [5, 5.41) is 17.5. The first-order valence-corrected chi connectivity index (χ1v) is 6.28. The lowest BCUT2D eigenvalue weighted by atomic mass is 10.0. The van der Waals surface area contributed by atoms with E-state index in [-0.39, 0.29) is 11.3 Å². The fourth-order valence-electron chi connectivity index (χ4n) is 2.41. The van der Waals surface area contributed by atoms with Crippen molar-refractivity contribution < 1.29 is 4.74 Å². The summed E-state index contributed by atoms with van der Waals surface area (Å²) in [6.07, 6.45) is 1.67. The SMILES string of the molecule is COc1ccc2c(=O)n(C)c(C#N)c(-c3cc[nH]n3)c2c1. The smallest absolute Gasteiger partial charge is 0.259 e. The summed E-state index contributed by atoms with van der Waals surface area (Å²) in [7, 11) is 3.14. The van der Waals surface area contributed by atoms with E-state index in [1.54, 1.807) is 44.6 Å². The predicted molar refractivity (Wildman–Crippen MR) is 78.0 cm³/mol. The molecule has 3 aromatic rings. The van der Waals surface area contributed by atoms with Gasteiger partial charge in [0.2, 0.25) is 0 Å². The number of aromatic amines is 1. The van der Waals surface area contributed by atoms with Crippen molar-refractivity contribution in [3.63, 3.8) is 0 Å². The van der Waals surface area contributed by atoms with Gasteiger partial charge in [0.25, 0.3) is 5.56 Å². The number of rotatable bonds is 2. The maximum Gasteiger partial charge on any atom is 0.259 e. The Balaban J connectivity index is 2.56. The number of hydrogen-bond acceptors (Lipinski definition) is 4. The second-order valence-corrected chi connectivity index (χ2v) is 4.57. The van der Waals surface area contributed by atoms with Crippen LogP contribution < -0.4 is 10.3 Å². The van der Waals surface area contributed by atoms with Gasteiger partial charge in [-0.1, -0.05) is 0 Å². The molecule has 0 spiro atoms. The Hall–Kier alpha value is -3.07. The van der Waals surface area contributed by atoms with Gasteiger partial charge in [-0.3, -0.25) is 9.89 Å². The highest BCUT2D eigenvalue weighted by Crippen LogP contribution is 2.30. The Morgan fingerprint density at radius 1 is 1.33 bits per heavy atom.